The second kappa shape index (κ2) is 11.7. The van der Waals surface area contributed by atoms with Gasteiger partial charge in [-0.05, 0) is 49.9 Å². The maximum absolute atomic E-state index is 13.7. The number of amides is 1. The summed E-state index contributed by atoms with van der Waals surface area (Å²) < 4.78 is 6.09. The molecule has 37 heavy (non-hydrogen) atoms. The van der Waals surface area contributed by atoms with Crippen molar-refractivity contribution in [2.24, 2.45) is 5.92 Å². The molecular weight excluding hydrogens is 476 g/mol. The van der Waals surface area contributed by atoms with Gasteiger partial charge in [0.2, 0.25) is 5.91 Å². The number of likely N-dealkylation sites (tertiary alicyclic amines) is 1. The lowest BCUT2D eigenvalue weighted by atomic mass is 9.63. The second-order valence-electron chi connectivity index (χ2n) is 10.6. The number of carbonyl (C=O) groups is 1. The third-order valence-corrected chi connectivity index (χ3v) is 9.33. The van der Waals surface area contributed by atoms with Crippen LogP contribution in [0.4, 0.5) is 0 Å². The van der Waals surface area contributed by atoms with Gasteiger partial charge in [-0.25, -0.2) is 0 Å². The van der Waals surface area contributed by atoms with E-state index in [-0.39, 0.29) is 11.3 Å². The minimum atomic E-state index is -0.0685. The van der Waals surface area contributed by atoms with Gasteiger partial charge in [0.05, 0.1) is 13.0 Å². The van der Waals surface area contributed by atoms with Crippen LogP contribution in [0.3, 0.4) is 0 Å². The van der Waals surface area contributed by atoms with E-state index in [9.17, 15) is 4.79 Å². The average molecular weight is 515 g/mol. The highest BCUT2D eigenvalue weighted by atomic mass is 32.2. The first-order valence-corrected chi connectivity index (χ1v) is 14.5. The molecule has 3 aromatic rings. The fourth-order valence-electron chi connectivity index (χ4n) is 6.16. The van der Waals surface area contributed by atoms with Crippen LogP contribution in [-0.2, 0) is 16.6 Å². The predicted octanol–water partition coefficient (Wildman–Crippen LogP) is 5.51. The molecule has 2 saturated heterocycles. The molecule has 4 nitrogen and oxygen atoms in total. The topological polar surface area (TPSA) is 32.8 Å². The third-order valence-electron chi connectivity index (χ3n) is 7.98. The van der Waals surface area contributed by atoms with E-state index in [0.29, 0.717) is 24.2 Å². The molecule has 0 aromatic heterocycles. The number of para-hydroxylation sites is 1. The van der Waals surface area contributed by atoms with Crippen LogP contribution >= 0.6 is 11.8 Å². The number of hydrogen-bond acceptors (Lipinski definition) is 4. The molecule has 2 aliphatic heterocycles. The zero-order valence-electron chi connectivity index (χ0n) is 22.0. The SMILES string of the molecule is CN(C)CCCOc1ccccc1CC(=O)N1C[C@H]2SCCC(c3ccccc3)(c3ccccc3)[C@H]2C1. The number of rotatable bonds is 9. The van der Waals surface area contributed by atoms with E-state index < -0.39 is 0 Å². The summed E-state index contributed by atoms with van der Waals surface area (Å²) >= 11 is 2.05. The van der Waals surface area contributed by atoms with Gasteiger partial charge in [0.15, 0.2) is 0 Å². The minimum absolute atomic E-state index is 0.0685. The number of nitrogens with zero attached hydrogens (tertiary/aromatic N) is 2. The van der Waals surface area contributed by atoms with Crippen LogP contribution in [0.5, 0.6) is 5.75 Å². The van der Waals surface area contributed by atoms with Gasteiger partial charge in [-0.3, -0.25) is 4.79 Å². The highest BCUT2D eigenvalue weighted by Gasteiger charge is 2.52. The molecule has 3 aromatic carbocycles. The van der Waals surface area contributed by atoms with E-state index in [1.54, 1.807) is 0 Å². The molecule has 1 amide bonds. The number of carbonyl (C=O) groups excluding carboxylic acids is 1. The van der Waals surface area contributed by atoms with Crippen LogP contribution in [-0.4, -0.2) is 67.0 Å². The summed E-state index contributed by atoms with van der Waals surface area (Å²) in [4.78, 5) is 18.0. The number of hydrogen-bond donors (Lipinski definition) is 0. The monoisotopic (exact) mass is 514 g/mol. The van der Waals surface area contributed by atoms with Crippen LogP contribution in [0.15, 0.2) is 84.9 Å². The zero-order valence-corrected chi connectivity index (χ0v) is 22.8. The first-order valence-electron chi connectivity index (χ1n) is 13.4. The lowest BCUT2D eigenvalue weighted by Crippen LogP contribution is -2.45. The number of fused-ring (bicyclic) bond motifs is 1. The van der Waals surface area contributed by atoms with Crippen LogP contribution in [0.1, 0.15) is 29.5 Å². The largest absolute Gasteiger partial charge is 0.493 e. The average Bonchev–Trinajstić information content (AvgIpc) is 3.38. The Balaban J connectivity index is 1.35. The van der Waals surface area contributed by atoms with E-state index in [1.165, 1.54) is 11.1 Å². The van der Waals surface area contributed by atoms with Gasteiger partial charge >= 0.3 is 0 Å². The van der Waals surface area contributed by atoms with Gasteiger partial charge < -0.3 is 14.5 Å². The van der Waals surface area contributed by atoms with Crippen molar-refractivity contribution >= 4 is 17.7 Å². The van der Waals surface area contributed by atoms with Crippen molar-refractivity contribution in [1.82, 2.24) is 9.80 Å². The summed E-state index contributed by atoms with van der Waals surface area (Å²) in [6.07, 6.45) is 2.44. The Bertz CT molecular complexity index is 1130. The molecule has 0 saturated carbocycles. The Kier molecular flexibility index (Phi) is 8.21. The summed E-state index contributed by atoms with van der Waals surface area (Å²) in [5, 5.41) is 0.440. The van der Waals surface area contributed by atoms with Crippen molar-refractivity contribution < 1.29 is 9.53 Å². The van der Waals surface area contributed by atoms with Crippen molar-refractivity contribution in [1.29, 1.82) is 0 Å². The summed E-state index contributed by atoms with van der Waals surface area (Å²) in [5.41, 5.74) is 3.67. The molecule has 2 aliphatic rings. The third kappa shape index (κ3) is 5.58. The van der Waals surface area contributed by atoms with Gasteiger partial charge in [0.1, 0.15) is 5.75 Å². The molecular formula is C32H38N2O2S. The lowest BCUT2D eigenvalue weighted by molar-refractivity contribution is -0.129. The minimum Gasteiger partial charge on any atom is -0.493 e. The first kappa shape index (κ1) is 25.9. The van der Waals surface area contributed by atoms with E-state index in [4.69, 9.17) is 4.74 Å². The predicted molar refractivity (Wildman–Crippen MR) is 153 cm³/mol. The van der Waals surface area contributed by atoms with Gasteiger partial charge in [-0.15, -0.1) is 0 Å². The maximum Gasteiger partial charge on any atom is 0.227 e. The first-order chi connectivity index (χ1) is 18.1. The van der Waals surface area contributed by atoms with E-state index in [2.05, 4.69) is 84.6 Å². The van der Waals surface area contributed by atoms with Crippen molar-refractivity contribution in [2.45, 2.75) is 29.9 Å². The van der Waals surface area contributed by atoms with E-state index in [0.717, 1.165) is 49.5 Å². The molecule has 5 rings (SSSR count). The van der Waals surface area contributed by atoms with Crippen LogP contribution in [0.25, 0.3) is 0 Å². The van der Waals surface area contributed by atoms with Gasteiger partial charge in [0.25, 0.3) is 0 Å². The Morgan fingerprint density at radius 1 is 0.946 bits per heavy atom. The fraction of sp³-hybridized carbons (Fsp3) is 0.406. The van der Waals surface area contributed by atoms with Crippen molar-refractivity contribution in [3.05, 3.63) is 102 Å². The number of thioether (sulfide) groups is 1. The van der Waals surface area contributed by atoms with Gasteiger partial charge in [-0.1, -0.05) is 78.9 Å². The highest BCUT2D eigenvalue weighted by molar-refractivity contribution is 8.00. The molecule has 0 N–H and O–H groups in total. The second-order valence-corrected chi connectivity index (χ2v) is 11.9. The molecule has 2 fully saturated rings. The zero-order chi connectivity index (χ0) is 25.7. The Morgan fingerprint density at radius 3 is 2.27 bits per heavy atom. The maximum atomic E-state index is 13.7. The molecule has 0 bridgehead atoms. The lowest BCUT2D eigenvalue weighted by Gasteiger charge is -2.46. The molecule has 0 aliphatic carbocycles. The smallest absolute Gasteiger partial charge is 0.227 e. The Morgan fingerprint density at radius 2 is 1.59 bits per heavy atom. The van der Waals surface area contributed by atoms with Gasteiger partial charge in [-0.2, -0.15) is 11.8 Å². The van der Waals surface area contributed by atoms with Gasteiger partial charge in [0, 0.05) is 41.8 Å². The quantitative estimate of drug-likeness (QED) is 0.353. The molecule has 0 radical (unpaired) electrons. The summed E-state index contributed by atoms with van der Waals surface area (Å²) in [6.45, 7) is 3.26. The molecule has 5 heteroatoms. The van der Waals surface area contributed by atoms with E-state index in [1.807, 2.05) is 36.0 Å². The number of ether oxygens (including phenoxy) is 1. The summed E-state index contributed by atoms with van der Waals surface area (Å²) in [6, 6.07) is 30.0. The van der Waals surface area contributed by atoms with Crippen LogP contribution in [0, 0.1) is 5.92 Å². The Labute approximate surface area is 226 Å². The summed E-state index contributed by atoms with van der Waals surface area (Å²) in [7, 11) is 4.14. The summed E-state index contributed by atoms with van der Waals surface area (Å²) in [5.74, 6) is 2.53. The Hall–Kier alpha value is -2.76. The molecule has 2 heterocycles. The standard InChI is InChI=1S/C32H38N2O2S/c1-33(2)19-11-20-36-29-17-10-9-12-25(29)22-31(35)34-23-28-30(24-34)37-21-18-32(28,26-13-5-3-6-14-26)27-15-7-4-8-16-27/h3-10,12-17,28,30H,11,18-24H2,1-2H3/t28-,30+/m0/s1. The molecule has 2 atom stereocenters. The van der Waals surface area contributed by atoms with Crippen molar-refractivity contribution in [3.63, 3.8) is 0 Å². The molecule has 194 valence electrons. The van der Waals surface area contributed by atoms with Crippen molar-refractivity contribution in [3.8, 4) is 5.75 Å². The van der Waals surface area contributed by atoms with Crippen LogP contribution in [0.2, 0.25) is 0 Å². The van der Waals surface area contributed by atoms with E-state index >= 15 is 0 Å². The fourth-order valence-corrected chi connectivity index (χ4v) is 7.74. The highest BCUT2D eigenvalue weighted by Crippen LogP contribution is 2.53. The number of benzene rings is 3. The van der Waals surface area contributed by atoms with Crippen molar-refractivity contribution in [2.75, 3.05) is 46.1 Å². The van der Waals surface area contributed by atoms with Crippen LogP contribution < -0.4 is 4.74 Å². The normalized spacial score (nSPS) is 20.6. The molecule has 0 unspecified atom stereocenters. The molecule has 0 spiro atoms.